The summed E-state index contributed by atoms with van der Waals surface area (Å²) in [6.45, 7) is 0.475. The van der Waals surface area contributed by atoms with Gasteiger partial charge in [0.05, 0.1) is 12.8 Å². The molecule has 7 heteroatoms. The zero-order valence-corrected chi connectivity index (χ0v) is 16.8. The minimum atomic E-state index is -0.640. The van der Waals surface area contributed by atoms with Crippen molar-refractivity contribution in [2.75, 3.05) is 23.1 Å². The van der Waals surface area contributed by atoms with E-state index in [0.29, 0.717) is 34.6 Å². The largest absolute Gasteiger partial charge is 0.497 e. The number of para-hydroxylation sites is 1. The Morgan fingerprint density at radius 3 is 2.32 bits per heavy atom. The Bertz CT molecular complexity index is 1250. The fourth-order valence-corrected chi connectivity index (χ4v) is 3.18. The Morgan fingerprint density at radius 2 is 1.58 bits per heavy atom. The van der Waals surface area contributed by atoms with Gasteiger partial charge in [0.25, 0.3) is 0 Å². The first-order chi connectivity index (χ1) is 15.1. The lowest BCUT2D eigenvalue weighted by atomic mass is 10.1. The van der Waals surface area contributed by atoms with Crippen LogP contribution >= 0.6 is 0 Å². The molecule has 0 spiro atoms. The van der Waals surface area contributed by atoms with Crippen molar-refractivity contribution in [3.8, 4) is 5.75 Å². The lowest BCUT2D eigenvalue weighted by Gasteiger charge is -2.15. The van der Waals surface area contributed by atoms with E-state index in [1.54, 1.807) is 43.5 Å². The van der Waals surface area contributed by atoms with Crippen molar-refractivity contribution in [2.24, 2.45) is 0 Å². The van der Waals surface area contributed by atoms with E-state index in [9.17, 15) is 9.59 Å². The summed E-state index contributed by atoms with van der Waals surface area (Å²) in [6.07, 6.45) is 0. The van der Waals surface area contributed by atoms with Crippen LogP contribution in [0.3, 0.4) is 0 Å². The second-order valence-electron chi connectivity index (χ2n) is 6.78. The number of anilines is 3. The molecule has 0 bridgehead atoms. The molecule has 2 amide bonds. The van der Waals surface area contributed by atoms with Crippen molar-refractivity contribution in [1.82, 2.24) is 0 Å². The molecule has 0 radical (unpaired) electrons. The summed E-state index contributed by atoms with van der Waals surface area (Å²) in [5, 5.41) is 9.31. The topological polar surface area (TPSA) is 92.6 Å². The Labute approximate surface area is 178 Å². The van der Waals surface area contributed by atoms with Crippen molar-refractivity contribution >= 4 is 34.1 Å². The van der Waals surface area contributed by atoms with Gasteiger partial charge in [-0.3, -0.25) is 5.32 Å². The molecule has 1 heterocycles. The number of nitrogens with one attached hydrogen (secondary N) is 3. The summed E-state index contributed by atoms with van der Waals surface area (Å²) in [4.78, 5) is 25.3. The molecule has 0 saturated heterocycles. The molecular weight excluding hydrogens is 394 g/mol. The van der Waals surface area contributed by atoms with E-state index in [2.05, 4.69) is 16.0 Å². The quantitative estimate of drug-likeness (QED) is 0.383. The number of methoxy groups -OCH3 is 1. The van der Waals surface area contributed by atoms with Gasteiger partial charge in [-0.05, 0) is 42.0 Å². The van der Waals surface area contributed by atoms with E-state index in [1.807, 2.05) is 42.5 Å². The third kappa shape index (κ3) is 4.67. The smallest absolute Gasteiger partial charge is 0.362 e. The molecule has 0 atom stereocenters. The number of carbonyl (C=O) groups excluding carboxylic acids is 1. The first-order valence-corrected chi connectivity index (χ1v) is 9.70. The maximum absolute atomic E-state index is 12.7. The van der Waals surface area contributed by atoms with E-state index < -0.39 is 11.7 Å². The van der Waals surface area contributed by atoms with Gasteiger partial charge in [-0.25, -0.2) is 9.59 Å². The van der Waals surface area contributed by atoms with Crippen molar-refractivity contribution in [1.29, 1.82) is 0 Å². The molecule has 4 aromatic rings. The van der Waals surface area contributed by atoms with Crippen LogP contribution in [0.5, 0.6) is 5.75 Å². The SMILES string of the molecule is COc1ccc(NC(=O)Nc2c(NCc3ccccc3)c3ccccc3oc2=O)cc1. The molecule has 0 aliphatic carbocycles. The number of rotatable bonds is 6. The van der Waals surface area contributed by atoms with E-state index in [-0.39, 0.29) is 5.69 Å². The predicted octanol–water partition coefficient (Wildman–Crippen LogP) is 5.06. The van der Waals surface area contributed by atoms with E-state index in [0.717, 1.165) is 5.56 Å². The summed E-state index contributed by atoms with van der Waals surface area (Å²) in [6, 6.07) is 23.3. The van der Waals surface area contributed by atoms with Crippen LogP contribution in [-0.4, -0.2) is 13.1 Å². The van der Waals surface area contributed by atoms with E-state index >= 15 is 0 Å². The van der Waals surface area contributed by atoms with Gasteiger partial charge in [-0.1, -0.05) is 42.5 Å². The molecule has 0 aliphatic rings. The Hall–Kier alpha value is -4.26. The van der Waals surface area contributed by atoms with Crippen LogP contribution in [0.1, 0.15) is 5.56 Å². The molecule has 3 aromatic carbocycles. The summed E-state index contributed by atoms with van der Waals surface area (Å²) in [5.74, 6) is 0.675. The Balaban J connectivity index is 1.62. The van der Waals surface area contributed by atoms with Gasteiger partial charge in [-0.2, -0.15) is 0 Å². The van der Waals surface area contributed by atoms with E-state index in [4.69, 9.17) is 9.15 Å². The number of urea groups is 1. The summed E-state index contributed by atoms with van der Waals surface area (Å²) in [5.41, 5.74) is 1.93. The molecule has 156 valence electrons. The molecule has 0 aliphatic heterocycles. The first-order valence-electron chi connectivity index (χ1n) is 9.70. The van der Waals surface area contributed by atoms with Crippen molar-refractivity contribution < 1.29 is 13.9 Å². The van der Waals surface area contributed by atoms with Gasteiger partial charge in [-0.15, -0.1) is 0 Å². The molecule has 4 rings (SSSR count). The molecular formula is C24H21N3O4. The number of fused-ring (bicyclic) bond motifs is 1. The maximum Gasteiger partial charge on any atom is 0.362 e. The predicted molar refractivity (Wildman–Crippen MR) is 122 cm³/mol. The lowest BCUT2D eigenvalue weighted by Crippen LogP contribution is -2.24. The zero-order chi connectivity index (χ0) is 21.6. The highest BCUT2D eigenvalue weighted by molar-refractivity contribution is 6.05. The van der Waals surface area contributed by atoms with Crippen LogP contribution < -0.4 is 26.3 Å². The monoisotopic (exact) mass is 415 g/mol. The summed E-state index contributed by atoms with van der Waals surface area (Å²) in [7, 11) is 1.57. The van der Waals surface area contributed by atoms with Gasteiger partial charge in [0, 0.05) is 17.6 Å². The molecule has 0 fully saturated rings. The fraction of sp³-hybridized carbons (Fsp3) is 0.0833. The number of hydrogen-bond donors (Lipinski definition) is 3. The lowest BCUT2D eigenvalue weighted by molar-refractivity contribution is 0.262. The molecule has 3 N–H and O–H groups in total. The maximum atomic E-state index is 12.7. The van der Waals surface area contributed by atoms with Gasteiger partial charge in [0.1, 0.15) is 11.3 Å². The number of amides is 2. The standard InChI is InChI=1S/C24H21N3O4/c1-30-18-13-11-17(12-14-18)26-24(29)27-22-21(25-15-16-7-3-2-4-8-16)19-9-5-6-10-20(19)31-23(22)28/h2-14,25H,15H2,1H3,(H2,26,27,29). The molecule has 0 unspecified atom stereocenters. The first kappa shape index (κ1) is 20.0. The Kier molecular flexibility index (Phi) is 5.84. The fourth-order valence-electron chi connectivity index (χ4n) is 3.18. The number of ether oxygens (including phenoxy) is 1. The van der Waals surface area contributed by atoms with Crippen molar-refractivity contribution in [3.63, 3.8) is 0 Å². The van der Waals surface area contributed by atoms with Gasteiger partial charge < -0.3 is 19.8 Å². The van der Waals surface area contributed by atoms with Crippen LogP contribution in [0.25, 0.3) is 11.0 Å². The average molecular weight is 415 g/mol. The second kappa shape index (κ2) is 9.04. The zero-order valence-electron chi connectivity index (χ0n) is 16.8. The minimum absolute atomic E-state index is 0.0423. The summed E-state index contributed by atoms with van der Waals surface area (Å²) >= 11 is 0. The number of benzene rings is 3. The third-order valence-corrected chi connectivity index (χ3v) is 4.71. The van der Waals surface area contributed by atoms with Crippen molar-refractivity contribution in [3.05, 3.63) is 94.8 Å². The van der Waals surface area contributed by atoms with Crippen LogP contribution in [0.15, 0.2) is 88.1 Å². The van der Waals surface area contributed by atoms with Gasteiger partial charge in [0.2, 0.25) is 0 Å². The normalized spacial score (nSPS) is 10.5. The number of carbonyl (C=O) groups is 1. The van der Waals surface area contributed by atoms with E-state index in [1.165, 1.54) is 0 Å². The van der Waals surface area contributed by atoms with Gasteiger partial charge in [0.15, 0.2) is 5.69 Å². The number of hydrogen-bond acceptors (Lipinski definition) is 5. The Morgan fingerprint density at radius 1 is 0.871 bits per heavy atom. The molecule has 0 saturated carbocycles. The van der Waals surface area contributed by atoms with Crippen LogP contribution in [0.4, 0.5) is 21.9 Å². The summed E-state index contributed by atoms with van der Waals surface area (Å²) < 4.78 is 10.5. The van der Waals surface area contributed by atoms with Crippen LogP contribution in [0.2, 0.25) is 0 Å². The van der Waals surface area contributed by atoms with Crippen molar-refractivity contribution in [2.45, 2.75) is 6.54 Å². The third-order valence-electron chi connectivity index (χ3n) is 4.71. The second-order valence-corrected chi connectivity index (χ2v) is 6.78. The highest BCUT2D eigenvalue weighted by Crippen LogP contribution is 2.29. The molecule has 1 aromatic heterocycles. The minimum Gasteiger partial charge on any atom is -0.497 e. The molecule has 31 heavy (non-hydrogen) atoms. The van der Waals surface area contributed by atoms with Gasteiger partial charge >= 0.3 is 11.7 Å². The van der Waals surface area contributed by atoms with Crippen LogP contribution in [-0.2, 0) is 6.54 Å². The average Bonchev–Trinajstić information content (AvgIpc) is 2.80. The highest BCUT2D eigenvalue weighted by Gasteiger charge is 2.17. The molecule has 7 nitrogen and oxygen atoms in total. The highest BCUT2D eigenvalue weighted by atomic mass is 16.5. The van der Waals surface area contributed by atoms with Crippen LogP contribution in [0, 0.1) is 0 Å².